The topological polar surface area (TPSA) is 47.3 Å². The van der Waals surface area contributed by atoms with Crippen LogP contribution >= 0.6 is 0 Å². The summed E-state index contributed by atoms with van der Waals surface area (Å²) in [7, 11) is 1.50. The monoisotopic (exact) mass is 298 g/mol. The van der Waals surface area contributed by atoms with E-state index in [0.29, 0.717) is 12.5 Å². The fourth-order valence-corrected chi connectivity index (χ4v) is 2.73. The molecule has 3 heteroatoms. The third-order valence-corrected chi connectivity index (χ3v) is 3.94. The third kappa shape index (κ3) is 4.86. The maximum atomic E-state index is 5.82. The molecule has 3 N–H and O–H groups in total. The molecule has 0 amide bonds. The molecule has 118 valence electrons. The number of rotatable bonds is 4. The van der Waals surface area contributed by atoms with Gasteiger partial charge in [-0.2, -0.15) is 0 Å². The summed E-state index contributed by atoms with van der Waals surface area (Å²) < 4.78 is 5.82. The summed E-state index contributed by atoms with van der Waals surface area (Å²) in [5.74, 6) is 1.66. The Morgan fingerprint density at radius 3 is 2.23 bits per heavy atom. The molecule has 1 heterocycles. The van der Waals surface area contributed by atoms with Crippen molar-refractivity contribution in [3.05, 3.63) is 65.7 Å². The van der Waals surface area contributed by atoms with E-state index in [1.165, 1.54) is 31.0 Å². The van der Waals surface area contributed by atoms with Gasteiger partial charge >= 0.3 is 0 Å². The van der Waals surface area contributed by atoms with Gasteiger partial charge in [0, 0.05) is 0 Å². The number of benzene rings is 2. The normalized spacial score (nSPS) is 14.8. The van der Waals surface area contributed by atoms with Gasteiger partial charge in [-0.1, -0.05) is 42.5 Å². The Labute approximate surface area is 133 Å². The first-order chi connectivity index (χ1) is 10.9. The summed E-state index contributed by atoms with van der Waals surface area (Å²) in [5.41, 5.74) is 7.15. The summed E-state index contributed by atoms with van der Waals surface area (Å²) in [5, 5.41) is 3.41. The van der Waals surface area contributed by atoms with Crippen LogP contribution in [-0.2, 0) is 6.61 Å². The highest BCUT2D eigenvalue weighted by Gasteiger charge is 2.14. The van der Waals surface area contributed by atoms with Crippen molar-refractivity contribution in [1.29, 1.82) is 0 Å². The largest absolute Gasteiger partial charge is 0.489 e. The molecule has 1 saturated heterocycles. The van der Waals surface area contributed by atoms with E-state index >= 15 is 0 Å². The average molecular weight is 298 g/mol. The van der Waals surface area contributed by atoms with Crippen LogP contribution in [0, 0.1) is 0 Å². The highest BCUT2D eigenvalue weighted by atomic mass is 16.5. The molecule has 0 bridgehead atoms. The second-order valence-corrected chi connectivity index (χ2v) is 5.37. The van der Waals surface area contributed by atoms with E-state index in [0.717, 1.165) is 18.8 Å². The molecule has 2 aromatic rings. The minimum Gasteiger partial charge on any atom is -0.489 e. The number of piperidine rings is 1. The SMILES string of the molecule is CN.c1ccc(COc2ccc(C3CCNCC3)cc2)cc1. The zero-order chi connectivity index (χ0) is 15.6. The van der Waals surface area contributed by atoms with E-state index < -0.39 is 0 Å². The minimum atomic E-state index is 0.632. The van der Waals surface area contributed by atoms with Gasteiger partial charge in [-0.3, -0.25) is 0 Å². The summed E-state index contributed by atoms with van der Waals surface area (Å²) in [6.07, 6.45) is 2.48. The predicted octanol–water partition coefficient (Wildman–Crippen LogP) is 3.31. The van der Waals surface area contributed by atoms with E-state index in [9.17, 15) is 0 Å². The van der Waals surface area contributed by atoms with E-state index in [1.807, 2.05) is 18.2 Å². The van der Waals surface area contributed by atoms with E-state index in [-0.39, 0.29) is 0 Å². The minimum absolute atomic E-state index is 0.632. The Bertz CT molecular complexity index is 519. The van der Waals surface area contributed by atoms with Crippen molar-refractivity contribution in [2.24, 2.45) is 5.73 Å². The number of hydrogen-bond donors (Lipinski definition) is 2. The molecule has 3 nitrogen and oxygen atoms in total. The van der Waals surface area contributed by atoms with Gasteiger partial charge in [-0.05, 0) is 62.2 Å². The maximum absolute atomic E-state index is 5.82. The van der Waals surface area contributed by atoms with Crippen LogP contribution in [0.1, 0.15) is 29.9 Å². The molecule has 1 aliphatic rings. The predicted molar refractivity (Wildman–Crippen MR) is 92.2 cm³/mol. The van der Waals surface area contributed by atoms with Crippen LogP contribution in [0.25, 0.3) is 0 Å². The van der Waals surface area contributed by atoms with Gasteiger partial charge in [0.2, 0.25) is 0 Å². The third-order valence-electron chi connectivity index (χ3n) is 3.94. The van der Waals surface area contributed by atoms with Crippen LogP contribution in [-0.4, -0.2) is 20.1 Å². The van der Waals surface area contributed by atoms with Crippen LogP contribution in [0.3, 0.4) is 0 Å². The Kier molecular flexibility index (Phi) is 6.94. The Morgan fingerprint density at radius 1 is 0.955 bits per heavy atom. The van der Waals surface area contributed by atoms with Gasteiger partial charge in [0.05, 0.1) is 0 Å². The number of hydrogen-bond acceptors (Lipinski definition) is 3. The van der Waals surface area contributed by atoms with E-state index in [1.54, 1.807) is 0 Å². The van der Waals surface area contributed by atoms with E-state index in [4.69, 9.17) is 4.74 Å². The zero-order valence-electron chi connectivity index (χ0n) is 13.3. The Hall–Kier alpha value is -1.84. The highest BCUT2D eigenvalue weighted by Crippen LogP contribution is 2.26. The van der Waals surface area contributed by atoms with Crippen molar-refractivity contribution in [1.82, 2.24) is 5.32 Å². The Morgan fingerprint density at radius 2 is 1.59 bits per heavy atom. The molecule has 0 aliphatic carbocycles. The van der Waals surface area contributed by atoms with Crippen LogP contribution in [0.15, 0.2) is 54.6 Å². The van der Waals surface area contributed by atoms with Crippen LogP contribution in [0.4, 0.5) is 0 Å². The van der Waals surface area contributed by atoms with E-state index in [2.05, 4.69) is 47.4 Å². The van der Waals surface area contributed by atoms with Gasteiger partial charge in [-0.15, -0.1) is 0 Å². The summed E-state index contributed by atoms with van der Waals surface area (Å²) >= 11 is 0. The second-order valence-electron chi connectivity index (χ2n) is 5.37. The number of nitrogens with two attached hydrogens (primary N) is 1. The summed E-state index contributed by atoms with van der Waals surface area (Å²) in [4.78, 5) is 0. The first-order valence-corrected chi connectivity index (χ1v) is 7.97. The lowest BCUT2D eigenvalue weighted by Crippen LogP contribution is -2.26. The molecule has 0 spiro atoms. The molecule has 0 aromatic heterocycles. The van der Waals surface area contributed by atoms with Crippen molar-refractivity contribution in [3.63, 3.8) is 0 Å². The van der Waals surface area contributed by atoms with Crippen molar-refractivity contribution in [3.8, 4) is 5.75 Å². The van der Waals surface area contributed by atoms with Gasteiger partial charge in [0.15, 0.2) is 0 Å². The molecule has 2 aromatic carbocycles. The molecule has 0 radical (unpaired) electrons. The summed E-state index contributed by atoms with van der Waals surface area (Å²) in [6, 6.07) is 18.9. The fourth-order valence-electron chi connectivity index (χ4n) is 2.73. The lowest BCUT2D eigenvalue weighted by molar-refractivity contribution is 0.306. The molecular formula is C19H26N2O. The number of ether oxygens (including phenoxy) is 1. The van der Waals surface area contributed by atoms with Crippen molar-refractivity contribution in [2.45, 2.75) is 25.4 Å². The zero-order valence-corrected chi connectivity index (χ0v) is 13.3. The van der Waals surface area contributed by atoms with Gasteiger partial charge in [0.1, 0.15) is 12.4 Å². The first-order valence-electron chi connectivity index (χ1n) is 7.97. The van der Waals surface area contributed by atoms with Crippen molar-refractivity contribution >= 4 is 0 Å². The summed E-state index contributed by atoms with van der Waals surface area (Å²) in [6.45, 7) is 2.90. The second kappa shape index (κ2) is 9.23. The molecular weight excluding hydrogens is 272 g/mol. The molecule has 3 rings (SSSR count). The Balaban J connectivity index is 0.000000847. The molecule has 0 unspecified atom stereocenters. The van der Waals surface area contributed by atoms with Crippen LogP contribution < -0.4 is 15.8 Å². The average Bonchev–Trinajstić information content (AvgIpc) is 2.64. The van der Waals surface area contributed by atoms with Crippen LogP contribution in [0.5, 0.6) is 5.75 Å². The standard InChI is InChI=1S/C18H21NO.CH5N/c1-2-4-15(5-3-1)14-20-18-8-6-16(7-9-18)17-10-12-19-13-11-17;1-2/h1-9,17,19H,10-14H2;2H2,1H3. The maximum Gasteiger partial charge on any atom is 0.119 e. The van der Waals surface area contributed by atoms with Crippen molar-refractivity contribution < 1.29 is 4.74 Å². The number of nitrogens with one attached hydrogen (secondary N) is 1. The van der Waals surface area contributed by atoms with Crippen LogP contribution in [0.2, 0.25) is 0 Å². The molecule has 1 fully saturated rings. The van der Waals surface area contributed by atoms with Crippen molar-refractivity contribution in [2.75, 3.05) is 20.1 Å². The lowest BCUT2D eigenvalue weighted by atomic mass is 9.90. The molecule has 1 aliphatic heterocycles. The smallest absolute Gasteiger partial charge is 0.119 e. The highest BCUT2D eigenvalue weighted by molar-refractivity contribution is 5.30. The first kappa shape index (κ1) is 16.5. The quantitative estimate of drug-likeness (QED) is 0.910. The van der Waals surface area contributed by atoms with Gasteiger partial charge in [-0.25, -0.2) is 0 Å². The van der Waals surface area contributed by atoms with Gasteiger partial charge < -0.3 is 15.8 Å². The molecule has 0 saturated carbocycles. The molecule has 0 atom stereocenters. The van der Waals surface area contributed by atoms with Gasteiger partial charge in [0.25, 0.3) is 0 Å². The molecule has 22 heavy (non-hydrogen) atoms. The lowest BCUT2D eigenvalue weighted by Gasteiger charge is -2.23. The fraction of sp³-hybridized carbons (Fsp3) is 0.368.